The van der Waals surface area contributed by atoms with Crippen LogP contribution < -0.4 is 0 Å². The Morgan fingerprint density at radius 1 is 1.26 bits per heavy atom. The van der Waals surface area contributed by atoms with Crippen LogP contribution in [0.15, 0.2) is 18.2 Å². The molecule has 1 aromatic carbocycles. The van der Waals surface area contributed by atoms with E-state index in [1.54, 1.807) is 18.2 Å². The van der Waals surface area contributed by atoms with Crippen molar-refractivity contribution in [2.45, 2.75) is 70.1 Å². The SMILES string of the molecule is CC(C)[C@]12CC[C@](C)(O1)[C@H](OCc1c(Cl)cccc1Cl)C2(C)O. The molecule has 0 radical (unpaired) electrons. The summed E-state index contributed by atoms with van der Waals surface area (Å²) in [5.41, 5.74) is -1.35. The molecule has 1 aromatic rings. The van der Waals surface area contributed by atoms with E-state index in [-0.39, 0.29) is 12.5 Å². The smallest absolute Gasteiger partial charge is 0.120 e. The zero-order chi connectivity index (χ0) is 17.0. The molecule has 3 nitrogen and oxygen atoms in total. The van der Waals surface area contributed by atoms with E-state index in [4.69, 9.17) is 32.7 Å². The number of hydrogen-bond acceptors (Lipinski definition) is 3. The highest BCUT2D eigenvalue weighted by atomic mass is 35.5. The highest BCUT2D eigenvalue weighted by Gasteiger charge is 2.72. The molecule has 2 aliphatic rings. The van der Waals surface area contributed by atoms with Crippen LogP contribution in [0.2, 0.25) is 10.0 Å². The average molecular weight is 359 g/mol. The van der Waals surface area contributed by atoms with Gasteiger partial charge in [0.25, 0.3) is 0 Å². The standard InChI is InChI=1S/C18H24Cl2O3/c1-11(2)18-9-8-16(3,23-18)15(17(18,4)21)22-10-12-13(19)6-5-7-14(12)20/h5-7,11,15,21H,8-10H2,1-4H3/t15-,16-,17?,18-/m0/s1. The van der Waals surface area contributed by atoms with Gasteiger partial charge in [-0.05, 0) is 44.7 Å². The highest BCUT2D eigenvalue weighted by Crippen LogP contribution is 2.60. The van der Waals surface area contributed by atoms with Gasteiger partial charge >= 0.3 is 0 Å². The maximum atomic E-state index is 11.2. The van der Waals surface area contributed by atoms with Gasteiger partial charge in [0, 0.05) is 15.6 Å². The molecule has 0 spiro atoms. The lowest BCUT2D eigenvalue weighted by atomic mass is 9.66. The third kappa shape index (κ3) is 2.44. The lowest BCUT2D eigenvalue weighted by Crippen LogP contribution is -2.60. The van der Waals surface area contributed by atoms with E-state index in [1.807, 2.05) is 13.8 Å². The molecular formula is C18H24Cl2O3. The van der Waals surface area contributed by atoms with Crippen molar-refractivity contribution < 1.29 is 14.6 Å². The van der Waals surface area contributed by atoms with Gasteiger partial charge in [0.1, 0.15) is 17.3 Å². The summed E-state index contributed by atoms with van der Waals surface area (Å²) >= 11 is 12.4. The minimum absolute atomic E-state index is 0.205. The first-order chi connectivity index (χ1) is 10.6. The number of hydrogen-bond donors (Lipinski definition) is 1. The number of rotatable bonds is 4. The van der Waals surface area contributed by atoms with Crippen molar-refractivity contribution in [3.05, 3.63) is 33.8 Å². The average Bonchev–Trinajstić information content (AvgIpc) is 2.89. The van der Waals surface area contributed by atoms with Crippen molar-refractivity contribution in [1.29, 1.82) is 0 Å². The summed E-state index contributed by atoms with van der Waals surface area (Å²) in [6, 6.07) is 5.39. The summed E-state index contributed by atoms with van der Waals surface area (Å²) in [6.07, 6.45) is 1.31. The van der Waals surface area contributed by atoms with Crippen LogP contribution in [0.4, 0.5) is 0 Å². The molecule has 0 amide bonds. The number of aliphatic hydroxyl groups is 1. The van der Waals surface area contributed by atoms with Gasteiger partial charge in [-0.25, -0.2) is 0 Å². The zero-order valence-electron chi connectivity index (χ0n) is 14.0. The fraction of sp³-hybridized carbons (Fsp3) is 0.667. The van der Waals surface area contributed by atoms with Crippen LogP contribution in [0.5, 0.6) is 0 Å². The molecular weight excluding hydrogens is 335 g/mol. The summed E-state index contributed by atoms with van der Waals surface area (Å²) in [5.74, 6) is 0.205. The Labute approximate surface area is 147 Å². The summed E-state index contributed by atoms with van der Waals surface area (Å²) in [6.45, 7) is 8.29. The van der Waals surface area contributed by atoms with Crippen LogP contribution in [-0.2, 0) is 16.1 Å². The molecule has 2 heterocycles. The van der Waals surface area contributed by atoms with E-state index in [0.717, 1.165) is 18.4 Å². The second-order valence-electron chi connectivity index (χ2n) is 7.50. The van der Waals surface area contributed by atoms with Crippen molar-refractivity contribution in [3.8, 4) is 0 Å². The Morgan fingerprint density at radius 2 is 1.87 bits per heavy atom. The summed E-state index contributed by atoms with van der Waals surface area (Å²) in [5, 5.41) is 12.4. The Balaban J connectivity index is 1.86. The molecule has 2 fully saturated rings. The van der Waals surface area contributed by atoms with Gasteiger partial charge in [0.2, 0.25) is 0 Å². The predicted molar refractivity (Wildman–Crippen MR) is 92.0 cm³/mol. The lowest BCUT2D eigenvalue weighted by molar-refractivity contribution is -0.160. The lowest BCUT2D eigenvalue weighted by Gasteiger charge is -2.45. The predicted octanol–water partition coefficient (Wildman–Crippen LogP) is 4.61. The Bertz CT molecular complexity index is 596. The van der Waals surface area contributed by atoms with Crippen LogP contribution in [0.25, 0.3) is 0 Å². The molecule has 2 saturated heterocycles. The first-order valence-electron chi connectivity index (χ1n) is 8.11. The molecule has 0 saturated carbocycles. The van der Waals surface area contributed by atoms with E-state index in [2.05, 4.69) is 13.8 Å². The second-order valence-corrected chi connectivity index (χ2v) is 8.31. The largest absolute Gasteiger partial charge is 0.384 e. The van der Waals surface area contributed by atoms with E-state index in [1.165, 1.54) is 0 Å². The number of fused-ring (bicyclic) bond motifs is 2. The van der Waals surface area contributed by atoms with Crippen molar-refractivity contribution in [2.75, 3.05) is 0 Å². The van der Waals surface area contributed by atoms with E-state index < -0.39 is 22.9 Å². The Morgan fingerprint density at radius 3 is 2.39 bits per heavy atom. The van der Waals surface area contributed by atoms with Gasteiger partial charge in [0.05, 0.1) is 12.2 Å². The molecule has 2 aliphatic heterocycles. The zero-order valence-corrected chi connectivity index (χ0v) is 15.5. The van der Waals surface area contributed by atoms with Crippen LogP contribution in [-0.4, -0.2) is 28.0 Å². The summed E-state index contributed by atoms with van der Waals surface area (Å²) < 4.78 is 12.5. The minimum atomic E-state index is -1.05. The van der Waals surface area contributed by atoms with Gasteiger partial charge in [-0.15, -0.1) is 0 Å². The molecule has 0 aliphatic carbocycles. The van der Waals surface area contributed by atoms with Gasteiger partial charge in [-0.3, -0.25) is 0 Å². The van der Waals surface area contributed by atoms with Gasteiger partial charge in [-0.1, -0.05) is 43.1 Å². The highest BCUT2D eigenvalue weighted by molar-refractivity contribution is 6.35. The van der Waals surface area contributed by atoms with Crippen molar-refractivity contribution in [3.63, 3.8) is 0 Å². The third-order valence-electron chi connectivity index (χ3n) is 5.72. The van der Waals surface area contributed by atoms with Gasteiger partial charge < -0.3 is 14.6 Å². The molecule has 1 N–H and O–H groups in total. The molecule has 4 atom stereocenters. The van der Waals surface area contributed by atoms with Crippen LogP contribution in [0, 0.1) is 5.92 Å². The maximum absolute atomic E-state index is 11.2. The third-order valence-corrected chi connectivity index (χ3v) is 6.43. The topological polar surface area (TPSA) is 38.7 Å². The normalized spacial score (nSPS) is 39.4. The van der Waals surface area contributed by atoms with Crippen molar-refractivity contribution in [2.24, 2.45) is 5.92 Å². The van der Waals surface area contributed by atoms with Crippen LogP contribution >= 0.6 is 23.2 Å². The Kier molecular flexibility index (Phi) is 4.26. The quantitative estimate of drug-likeness (QED) is 0.853. The monoisotopic (exact) mass is 358 g/mol. The Hall–Kier alpha value is -0.320. The molecule has 128 valence electrons. The maximum Gasteiger partial charge on any atom is 0.120 e. The molecule has 0 aromatic heterocycles. The van der Waals surface area contributed by atoms with Crippen molar-refractivity contribution >= 4 is 23.2 Å². The fourth-order valence-corrected chi connectivity index (χ4v) is 4.98. The molecule has 1 unspecified atom stereocenters. The molecule has 5 heteroatoms. The van der Waals surface area contributed by atoms with E-state index in [0.29, 0.717) is 10.0 Å². The van der Waals surface area contributed by atoms with E-state index in [9.17, 15) is 5.11 Å². The van der Waals surface area contributed by atoms with Crippen LogP contribution in [0.3, 0.4) is 0 Å². The fourth-order valence-electron chi connectivity index (χ4n) is 4.48. The second kappa shape index (κ2) is 5.60. The van der Waals surface area contributed by atoms with Crippen molar-refractivity contribution in [1.82, 2.24) is 0 Å². The van der Waals surface area contributed by atoms with E-state index >= 15 is 0 Å². The number of benzene rings is 1. The minimum Gasteiger partial charge on any atom is -0.384 e. The van der Waals surface area contributed by atoms with Gasteiger partial charge in [-0.2, -0.15) is 0 Å². The summed E-state index contributed by atoms with van der Waals surface area (Å²) in [4.78, 5) is 0. The number of ether oxygens (including phenoxy) is 2. The summed E-state index contributed by atoms with van der Waals surface area (Å²) in [7, 11) is 0. The first kappa shape index (κ1) is 17.5. The molecule has 23 heavy (non-hydrogen) atoms. The number of halogens is 2. The molecule has 3 rings (SSSR count). The molecule has 2 bridgehead atoms. The van der Waals surface area contributed by atoms with Gasteiger partial charge in [0.15, 0.2) is 0 Å². The van der Waals surface area contributed by atoms with Crippen LogP contribution in [0.1, 0.15) is 46.1 Å². The first-order valence-corrected chi connectivity index (χ1v) is 8.87.